The zero-order valence-corrected chi connectivity index (χ0v) is 9.03. The Bertz CT molecular complexity index is 279. The van der Waals surface area contributed by atoms with Gasteiger partial charge in [-0.3, -0.25) is 4.79 Å². The van der Waals surface area contributed by atoms with E-state index >= 15 is 0 Å². The Hall–Kier alpha value is -1.29. The predicted octanol–water partition coefficient (Wildman–Crippen LogP) is 1.27. The lowest BCUT2D eigenvalue weighted by Crippen LogP contribution is -2.27. The monoisotopic (exact) mass is 210 g/mol. The second-order valence-corrected chi connectivity index (χ2v) is 3.57. The van der Waals surface area contributed by atoms with Gasteiger partial charge in [0.25, 0.3) is 0 Å². The van der Waals surface area contributed by atoms with Gasteiger partial charge in [-0.25, -0.2) is 0 Å². The van der Waals surface area contributed by atoms with Gasteiger partial charge in [0.05, 0.1) is 12.8 Å². The molecule has 4 nitrogen and oxygen atoms in total. The van der Waals surface area contributed by atoms with Crippen LogP contribution in [-0.4, -0.2) is 12.5 Å². The molecule has 1 aromatic rings. The quantitative estimate of drug-likeness (QED) is 0.743. The molecule has 15 heavy (non-hydrogen) atoms. The Morgan fingerprint density at radius 2 is 2.47 bits per heavy atom. The minimum Gasteiger partial charge on any atom is -0.467 e. The van der Waals surface area contributed by atoms with Gasteiger partial charge >= 0.3 is 0 Å². The third-order valence-electron chi connectivity index (χ3n) is 2.42. The molecule has 4 heteroatoms. The zero-order valence-electron chi connectivity index (χ0n) is 9.03. The molecule has 0 aromatic carbocycles. The van der Waals surface area contributed by atoms with Crippen molar-refractivity contribution in [2.24, 2.45) is 11.7 Å². The number of nitrogens with one attached hydrogen (secondary N) is 1. The van der Waals surface area contributed by atoms with Crippen molar-refractivity contribution in [3.8, 4) is 0 Å². The minimum atomic E-state index is 0.0312. The van der Waals surface area contributed by atoms with E-state index in [2.05, 4.69) is 5.32 Å². The van der Waals surface area contributed by atoms with Crippen LogP contribution < -0.4 is 11.1 Å². The van der Waals surface area contributed by atoms with Crippen LogP contribution in [0.3, 0.4) is 0 Å². The standard InChI is InChI=1S/C11H18N2O2/c1-2-9(7-12)6-11(14)13-8-10-4-3-5-15-10/h3-5,9H,2,6-8,12H2,1H3,(H,13,14). The second-order valence-electron chi connectivity index (χ2n) is 3.57. The number of carbonyl (C=O) groups excluding carboxylic acids is 1. The maximum Gasteiger partial charge on any atom is 0.220 e. The van der Waals surface area contributed by atoms with Crippen molar-refractivity contribution in [2.45, 2.75) is 26.3 Å². The van der Waals surface area contributed by atoms with E-state index in [-0.39, 0.29) is 11.8 Å². The highest BCUT2D eigenvalue weighted by atomic mass is 16.3. The fourth-order valence-corrected chi connectivity index (χ4v) is 1.33. The zero-order chi connectivity index (χ0) is 11.1. The molecular formula is C11H18N2O2. The van der Waals surface area contributed by atoms with Gasteiger partial charge in [0, 0.05) is 6.42 Å². The van der Waals surface area contributed by atoms with Gasteiger partial charge in [-0.05, 0) is 24.6 Å². The Morgan fingerprint density at radius 3 is 3.00 bits per heavy atom. The van der Waals surface area contributed by atoms with Crippen molar-refractivity contribution in [1.29, 1.82) is 0 Å². The van der Waals surface area contributed by atoms with E-state index in [1.165, 1.54) is 0 Å². The Balaban J connectivity index is 2.24. The lowest BCUT2D eigenvalue weighted by atomic mass is 10.0. The van der Waals surface area contributed by atoms with Crippen LogP contribution in [0.2, 0.25) is 0 Å². The smallest absolute Gasteiger partial charge is 0.220 e. The van der Waals surface area contributed by atoms with Crippen molar-refractivity contribution in [3.05, 3.63) is 24.2 Å². The molecule has 1 rings (SSSR count). The van der Waals surface area contributed by atoms with Crippen LogP contribution >= 0.6 is 0 Å². The molecule has 1 amide bonds. The maximum atomic E-state index is 11.5. The molecule has 0 spiro atoms. The molecule has 0 fully saturated rings. The average molecular weight is 210 g/mol. The average Bonchev–Trinajstić information content (AvgIpc) is 2.75. The molecular weight excluding hydrogens is 192 g/mol. The summed E-state index contributed by atoms with van der Waals surface area (Å²) in [6, 6.07) is 3.64. The van der Waals surface area contributed by atoms with Crippen LogP contribution in [0.15, 0.2) is 22.8 Å². The molecule has 3 N–H and O–H groups in total. The number of furan rings is 1. The van der Waals surface area contributed by atoms with Gasteiger partial charge < -0.3 is 15.5 Å². The van der Waals surface area contributed by atoms with E-state index in [9.17, 15) is 4.79 Å². The van der Waals surface area contributed by atoms with Gasteiger partial charge in [0.2, 0.25) is 5.91 Å². The third-order valence-corrected chi connectivity index (χ3v) is 2.42. The number of rotatable bonds is 6. The molecule has 0 radical (unpaired) electrons. The molecule has 0 aliphatic carbocycles. The topological polar surface area (TPSA) is 68.3 Å². The first kappa shape index (κ1) is 11.8. The summed E-state index contributed by atoms with van der Waals surface area (Å²) in [5, 5.41) is 2.80. The van der Waals surface area contributed by atoms with Gasteiger partial charge in [-0.2, -0.15) is 0 Å². The molecule has 0 saturated carbocycles. The first-order valence-corrected chi connectivity index (χ1v) is 5.25. The predicted molar refractivity (Wildman–Crippen MR) is 58.0 cm³/mol. The van der Waals surface area contributed by atoms with Gasteiger partial charge in [0.1, 0.15) is 5.76 Å². The first-order chi connectivity index (χ1) is 7.26. The normalized spacial score (nSPS) is 12.4. The van der Waals surface area contributed by atoms with E-state index < -0.39 is 0 Å². The van der Waals surface area contributed by atoms with E-state index in [4.69, 9.17) is 10.2 Å². The Labute approximate surface area is 89.8 Å². The molecule has 1 unspecified atom stereocenters. The summed E-state index contributed by atoms with van der Waals surface area (Å²) < 4.78 is 5.10. The minimum absolute atomic E-state index is 0.0312. The Kier molecular flexibility index (Phi) is 4.90. The van der Waals surface area contributed by atoms with Crippen molar-refractivity contribution in [2.75, 3.05) is 6.54 Å². The molecule has 1 atom stereocenters. The number of amides is 1. The highest BCUT2D eigenvalue weighted by Gasteiger charge is 2.10. The number of nitrogens with two attached hydrogens (primary N) is 1. The summed E-state index contributed by atoms with van der Waals surface area (Å²) in [7, 11) is 0. The summed E-state index contributed by atoms with van der Waals surface area (Å²) in [6.07, 6.45) is 3.02. The summed E-state index contributed by atoms with van der Waals surface area (Å²) in [4.78, 5) is 11.5. The van der Waals surface area contributed by atoms with Crippen molar-refractivity contribution >= 4 is 5.91 Å². The lowest BCUT2D eigenvalue weighted by Gasteiger charge is -2.11. The Morgan fingerprint density at radius 1 is 1.67 bits per heavy atom. The molecule has 0 bridgehead atoms. The van der Waals surface area contributed by atoms with Crippen molar-refractivity contribution < 1.29 is 9.21 Å². The molecule has 0 saturated heterocycles. The highest BCUT2D eigenvalue weighted by molar-refractivity contribution is 5.76. The molecule has 0 aliphatic rings. The fourth-order valence-electron chi connectivity index (χ4n) is 1.33. The molecule has 1 aromatic heterocycles. The van der Waals surface area contributed by atoms with Crippen LogP contribution in [0.4, 0.5) is 0 Å². The summed E-state index contributed by atoms with van der Waals surface area (Å²) >= 11 is 0. The highest BCUT2D eigenvalue weighted by Crippen LogP contribution is 2.06. The van der Waals surface area contributed by atoms with Gasteiger partial charge in [-0.1, -0.05) is 13.3 Å². The van der Waals surface area contributed by atoms with Gasteiger partial charge in [0.15, 0.2) is 0 Å². The summed E-state index contributed by atoms with van der Waals surface area (Å²) in [5.74, 6) is 1.08. The van der Waals surface area contributed by atoms with Crippen LogP contribution in [0.5, 0.6) is 0 Å². The van der Waals surface area contributed by atoms with E-state index in [1.807, 2.05) is 13.0 Å². The fraction of sp³-hybridized carbons (Fsp3) is 0.545. The van der Waals surface area contributed by atoms with Crippen LogP contribution in [0.1, 0.15) is 25.5 Å². The van der Waals surface area contributed by atoms with Crippen LogP contribution in [-0.2, 0) is 11.3 Å². The van der Waals surface area contributed by atoms with Crippen molar-refractivity contribution in [1.82, 2.24) is 5.32 Å². The SMILES string of the molecule is CCC(CN)CC(=O)NCc1ccco1. The van der Waals surface area contributed by atoms with Gasteiger partial charge in [-0.15, -0.1) is 0 Å². The van der Waals surface area contributed by atoms with E-state index in [0.29, 0.717) is 19.5 Å². The second kappa shape index (κ2) is 6.24. The largest absolute Gasteiger partial charge is 0.467 e. The molecule has 84 valence electrons. The van der Waals surface area contributed by atoms with Crippen LogP contribution in [0, 0.1) is 5.92 Å². The molecule has 0 aliphatic heterocycles. The number of carbonyl (C=O) groups is 1. The molecule has 1 heterocycles. The summed E-state index contributed by atoms with van der Waals surface area (Å²) in [5.41, 5.74) is 5.52. The van der Waals surface area contributed by atoms with Crippen LogP contribution in [0.25, 0.3) is 0 Å². The number of hydrogen-bond donors (Lipinski definition) is 2. The first-order valence-electron chi connectivity index (χ1n) is 5.25. The lowest BCUT2D eigenvalue weighted by molar-refractivity contribution is -0.122. The van der Waals surface area contributed by atoms with E-state index in [0.717, 1.165) is 12.2 Å². The third kappa shape index (κ3) is 4.16. The number of hydrogen-bond acceptors (Lipinski definition) is 3. The maximum absolute atomic E-state index is 11.5. The summed E-state index contributed by atoms with van der Waals surface area (Å²) in [6.45, 7) is 3.05. The van der Waals surface area contributed by atoms with E-state index in [1.54, 1.807) is 12.3 Å². The van der Waals surface area contributed by atoms with Crippen molar-refractivity contribution in [3.63, 3.8) is 0 Å².